The van der Waals surface area contributed by atoms with Gasteiger partial charge in [-0.3, -0.25) is 0 Å². The number of hydrogen-bond donors (Lipinski definition) is 0. The molecule has 0 saturated carbocycles. The van der Waals surface area contributed by atoms with Gasteiger partial charge in [0, 0.05) is 0 Å². The van der Waals surface area contributed by atoms with Gasteiger partial charge >= 0.3 is 0 Å². The van der Waals surface area contributed by atoms with Crippen LogP contribution >= 0.6 is 0 Å². The Morgan fingerprint density at radius 1 is 0.938 bits per heavy atom. The second kappa shape index (κ2) is 5.86. The Kier molecular flexibility index (Phi) is 5.04. The lowest BCUT2D eigenvalue weighted by atomic mass is 9.91. The van der Waals surface area contributed by atoms with Crippen LogP contribution in [0.4, 0.5) is 0 Å². The van der Waals surface area contributed by atoms with Crippen molar-refractivity contribution in [1.29, 1.82) is 0 Å². The summed E-state index contributed by atoms with van der Waals surface area (Å²) in [4.78, 5) is 0. The summed E-state index contributed by atoms with van der Waals surface area (Å²) in [6.07, 6.45) is 13.2. The molecular weight excluding hydrogens is 196 g/mol. The zero-order valence-corrected chi connectivity index (χ0v) is 11.5. The Balaban J connectivity index is 2.64. The molecule has 0 amide bonds. The molecule has 1 heterocycles. The van der Waals surface area contributed by atoms with Crippen LogP contribution in [0.25, 0.3) is 0 Å². The van der Waals surface area contributed by atoms with Gasteiger partial charge in [0.2, 0.25) is 0 Å². The third-order valence-electron chi connectivity index (χ3n) is 3.79. The van der Waals surface area contributed by atoms with Crippen molar-refractivity contribution >= 4 is 0 Å². The molecule has 94 valence electrons. The van der Waals surface area contributed by atoms with E-state index >= 15 is 0 Å². The van der Waals surface area contributed by atoms with Crippen molar-refractivity contribution in [2.24, 2.45) is 0 Å². The van der Waals surface area contributed by atoms with Gasteiger partial charge in [0.15, 0.2) is 0 Å². The minimum Gasteiger partial charge on any atom is -0.361 e. The lowest BCUT2D eigenvalue weighted by molar-refractivity contribution is -0.0902. The van der Waals surface area contributed by atoms with Gasteiger partial charge in [-0.25, -0.2) is 0 Å². The van der Waals surface area contributed by atoms with Crippen molar-refractivity contribution in [2.75, 3.05) is 0 Å². The summed E-state index contributed by atoms with van der Waals surface area (Å²) in [5.74, 6) is 0. The van der Waals surface area contributed by atoms with E-state index in [9.17, 15) is 0 Å². The molecule has 0 radical (unpaired) electrons. The summed E-state index contributed by atoms with van der Waals surface area (Å²) in [7, 11) is 0. The molecule has 0 bridgehead atoms. The van der Waals surface area contributed by atoms with Gasteiger partial charge in [0.05, 0.1) is 11.2 Å². The Morgan fingerprint density at radius 2 is 1.50 bits per heavy atom. The second-order valence-corrected chi connectivity index (χ2v) is 5.37. The van der Waals surface area contributed by atoms with Crippen LogP contribution in [0.2, 0.25) is 0 Å². The van der Waals surface area contributed by atoms with Crippen LogP contribution in [-0.4, -0.2) is 11.2 Å². The quantitative estimate of drug-likeness (QED) is 0.561. The fourth-order valence-corrected chi connectivity index (χ4v) is 2.40. The summed E-state index contributed by atoms with van der Waals surface area (Å²) < 4.78 is 6.38. The van der Waals surface area contributed by atoms with E-state index in [0.717, 1.165) is 6.42 Å². The normalized spacial score (nSPS) is 27.5. The Labute approximate surface area is 101 Å². The van der Waals surface area contributed by atoms with Crippen molar-refractivity contribution in [1.82, 2.24) is 0 Å². The molecule has 1 aliphatic heterocycles. The minimum atomic E-state index is -0.0124. The van der Waals surface area contributed by atoms with Crippen molar-refractivity contribution in [3.05, 3.63) is 12.2 Å². The molecule has 1 heteroatoms. The summed E-state index contributed by atoms with van der Waals surface area (Å²) in [5, 5.41) is 0. The van der Waals surface area contributed by atoms with Gasteiger partial charge in [-0.1, -0.05) is 58.6 Å². The highest BCUT2D eigenvalue weighted by molar-refractivity contribution is 5.16. The predicted molar refractivity (Wildman–Crippen MR) is 70.7 cm³/mol. The molecule has 0 N–H and O–H groups in total. The van der Waals surface area contributed by atoms with E-state index in [1.54, 1.807) is 0 Å². The van der Waals surface area contributed by atoms with Crippen molar-refractivity contribution < 1.29 is 4.74 Å². The molecule has 0 spiro atoms. The topological polar surface area (TPSA) is 9.23 Å². The largest absolute Gasteiger partial charge is 0.361 e. The van der Waals surface area contributed by atoms with E-state index in [1.807, 2.05) is 0 Å². The van der Waals surface area contributed by atoms with E-state index in [2.05, 4.69) is 39.8 Å². The fourth-order valence-electron chi connectivity index (χ4n) is 2.40. The van der Waals surface area contributed by atoms with Crippen LogP contribution in [-0.2, 0) is 4.74 Å². The summed E-state index contributed by atoms with van der Waals surface area (Å²) in [6, 6.07) is 0. The molecule has 1 nitrogen and oxygen atoms in total. The van der Waals surface area contributed by atoms with Gasteiger partial charge in [-0.2, -0.15) is 0 Å². The summed E-state index contributed by atoms with van der Waals surface area (Å²) in [5.41, 5.74) is 0.0399. The smallest absolute Gasteiger partial charge is 0.0875 e. The first-order valence-electron chi connectivity index (χ1n) is 7.00. The highest BCUT2D eigenvalue weighted by atomic mass is 16.5. The molecule has 1 unspecified atom stereocenters. The van der Waals surface area contributed by atoms with Crippen LogP contribution in [0.5, 0.6) is 0 Å². The molecule has 1 rings (SSSR count). The first kappa shape index (κ1) is 13.8. The fraction of sp³-hybridized carbons (Fsp3) is 0.867. The summed E-state index contributed by atoms with van der Waals surface area (Å²) >= 11 is 0. The first-order chi connectivity index (χ1) is 7.60. The maximum atomic E-state index is 6.38. The minimum absolute atomic E-state index is 0.0124. The third kappa shape index (κ3) is 3.35. The first-order valence-corrected chi connectivity index (χ1v) is 7.00. The lowest BCUT2D eigenvalue weighted by Crippen LogP contribution is -2.34. The van der Waals surface area contributed by atoms with Gasteiger partial charge in [-0.05, 0) is 26.2 Å². The average molecular weight is 224 g/mol. The van der Waals surface area contributed by atoms with Gasteiger partial charge < -0.3 is 4.74 Å². The van der Waals surface area contributed by atoms with E-state index in [1.165, 1.54) is 38.5 Å². The van der Waals surface area contributed by atoms with E-state index < -0.39 is 0 Å². The lowest BCUT2D eigenvalue weighted by Gasteiger charge is -2.33. The SMILES string of the molecule is CCCCC1(CCCC)C=CC(C)(CC)O1. The van der Waals surface area contributed by atoms with Crippen LogP contribution in [0.3, 0.4) is 0 Å². The molecule has 1 aliphatic rings. The number of hydrogen-bond acceptors (Lipinski definition) is 1. The van der Waals surface area contributed by atoms with Gasteiger partial charge in [0.25, 0.3) is 0 Å². The zero-order chi connectivity index (χ0) is 12.1. The van der Waals surface area contributed by atoms with E-state index in [0.29, 0.717) is 0 Å². The summed E-state index contributed by atoms with van der Waals surface area (Å²) in [6.45, 7) is 8.93. The van der Waals surface area contributed by atoms with Crippen molar-refractivity contribution in [3.63, 3.8) is 0 Å². The molecule has 0 saturated heterocycles. The van der Waals surface area contributed by atoms with E-state index in [-0.39, 0.29) is 11.2 Å². The highest BCUT2D eigenvalue weighted by Gasteiger charge is 2.39. The molecule has 0 aromatic rings. The van der Waals surface area contributed by atoms with Gasteiger partial charge in [0.1, 0.15) is 0 Å². The Bertz CT molecular complexity index is 224. The van der Waals surface area contributed by atoms with Crippen LogP contribution < -0.4 is 0 Å². The molecule has 1 atom stereocenters. The van der Waals surface area contributed by atoms with Crippen LogP contribution in [0, 0.1) is 0 Å². The molecular formula is C15H28O. The number of rotatable bonds is 7. The molecule has 0 aliphatic carbocycles. The molecule has 16 heavy (non-hydrogen) atoms. The van der Waals surface area contributed by atoms with Crippen LogP contribution in [0.15, 0.2) is 12.2 Å². The van der Waals surface area contributed by atoms with Gasteiger partial charge in [-0.15, -0.1) is 0 Å². The van der Waals surface area contributed by atoms with E-state index in [4.69, 9.17) is 4.74 Å². The Hall–Kier alpha value is -0.300. The van der Waals surface area contributed by atoms with Crippen molar-refractivity contribution in [2.45, 2.75) is 83.8 Å². The standard InChI is InChI=1S/C15H28O/c1-5-8-10-15(11-9-6-2)13-12-14(4,7-3)16-15/h12-13H,5-11H2,1-4H3. The highest BCUT2D eigenvalue weighted by Crippen LogP contribution is 2.39. The Morgan fingerprint density at radius 3 is 1.88 bits per heavy atom. The third-order valence-corrected chi connectivity index (χ3v) is 3.79. The maximum Gasteiger partial charge on any atom is 0.0875 e. The molecule has 0 aromatic carbocycles. The second-order valence-electron chi connectivity index (χ2n) is 5.37. The average Bonchev–Trinajstić information content (AvgIpc) is 2.64. The maximum absolute atomic E-state index is 6.38. The molecule has 0 aromatic heterocycles. The molecule has 0 fully saturated rings. The van der Waals surface area contributed by atoms with Crippen LogP contribution in [0.1, 0.15) is 72.6 Å². The monoisotopic (exact) mass is 224 g/mol. The zero-order valence-electron chi connectivity index (χ0n) is 11.5. The predicted octanol–water partition coefficient (Wildman–Crippen LogP) is 4.86. The number of unbranched alkanes of at least 4 members (excludes halogenated alkanes) is 2. The van der Waals surface area contributed by atoms with Crippen molar-refractivity contribution in [3.8, 4) is 0 Å². The number of ether oxygens (including phenoxy) is 1.